The normalized spacial score (nSPS) is 16.5. The Morgan fingerprint density at radius 1 is 1.01 bits per heavy atom. The van der Waals surface area contributed by atoms with Crippen LogP contribution in [-0.4, -0.2) is 91.3 Å². The van der Waals surface area contributed by atoms with Gasteiger partial charge >= 0.3 is 0 Å². The van der Waals surface area contributed by atoms with Gasteiger partial charge in [0, 0.05) is 61.9 Å². The van der Waals surface area contributed by atoms with Crippen LogP contribution in [0.3, 0.4) is 0 Å². The Bertz CT molecular complexity index is 3020. The lowest BCUT2D eigenvalue weighted by atomic mass is 9.81. The third-order valence-corrected chi connectivity index (χ3v) is 17.1. The number of hydrogen-bond donors (Lipinski definition) is 5. The minimum Gasteiger partial charge on any atom is -0.486 e. The lowest BCUT2D eigenvalue weighted by Gasteiger charge is -2.35. The van der Waals surface area contributed by atoms with Gasteiger partial charge in [-0.25, -0.2) is 9.44 Å². The molecule has 21 heteroatoms. The first kappa shape index (κ1) is 57.5. The van der Waals surface area contributed by atoms with Gasteiger partial charge in [0.1, 0.15) is 23.6 Å². The molecule has 1 aliphatic carbocycles. The van der Waals surface area contributed by atoms with Crippen molar-refractivity contribution >= 4 is 110 Å². The number of ether oxygens (including phenoxy) is 1. The lowest BCUT2D eigenvalue weighted by Crippen LogP contribution is -2.55. The second-order valence-corrected chi connectivity index (χ2v) is 24.0. The summed E-state index contributed by atoms with van der Waals surface area (Å²) in [6.07, 6.45) is 7.01. The molecule has 8 rings (SSSR count). The highest BCUT2D eigenvalue weighted by atomic mass is 127. The number of nitrogens with one attached hydrogen (secondary N) is 4. The number of benzene rings is 3. The van der Waals surface area contributed by atoms with E-state index in [2.05, 4.69) is 65.4 Å². The number of nitrogens with zero attached hydrogens (tertiary/aromatic N) is 5. The number of aliphatic hydroxyl groups is 1. The molecule has 1 saturated heterocycles. The second kappa shape index (κ2) is 25.3. The zero-order valence-corrected chi connectivity index (χ0v) is 48.4. The van der Waals surface area contributed by atoms with Crippen LogP contribution in [0.1, 0.15) is 119 Å². The van der Waals surface area contributed by atoms with Gasteiger partial charge in [0.15, 0.2) is 0 Å². The van der Waals surface area contributed by atoms with Crippen LogP contribution in [0.4, 0.5) is 5.69 Å². The molecule has 0 radical (unpaired) electrons. The summed E-state index contributed by atoms with van der Waals surface area (Å²) < 4.78 is 8.20. The van der Waals surface area contributed by atoms with Crippen molar-refractivity contribution in [3.05, 3.63) is 111 Å². The van der Waals surface area contributed by atoms with Gasteiger partial charge in [0.2, 0.25) is 24.1 Å². The molecule has 5 atom stereocenters. The highest BCUT2D eigenvalue weighted by Crippen LogP contribution is 2.42. The van der Waals surface area contributed by atoms with Crippen LogP contribution in [0.5, 0.6) is 5.75 Å². The molecule has 5 N–H and O–H groups in total. The number of aryl methyl sites for hydroxylation is 1. The third-order valence-electron chi connectivity index (χ3n) is 13.6. The summed E-state index contributed by atoms with van der Waals surface area (Å²) in [4.78, 5) is 75.0. The molecule has 0 bridgehead atoms. The van der Waals surface area contributed by atoms with E-state index in [0.29, 0.717) is 57.6 Å². The number of aliphatic hydroxyl groups excluding tert-OH is 1. The standard InChI is InChI=1S/C41H49Cl2IN7O6P.C13H14N2OS/c1-23(35-30(42)19-45-20-31(35)43)57-27-9-11-33-29(17-27)36(49-51(33)58-44)25-8-10-28(32(16-25)47-24(2)52)38(55)46-22-41(13-6-7-14-41)18-34(54)48-37(40(3,4)5)39(56)50-15-12-26(53)21-50;1-9(14-7-16)11-3-5-12(6-4-11)13-10(2)15-8-17-13/h8-11,16-17,19-20,23,26,37,53,58H,6-7,12-15,18,21-22H2,1-5H3,(H,46,55)(H,47,52)(H,48,54);3-9H,1-2H3,(H,14,16)/t23-,26?,37-;9-/m10/s1. The smallest absolute Gasteiger partial charge is 0.253 e. The van der Waals surface area contributed by atoms with Gasteiger partial charge in [0.25, 0.3) is 5.91 Å². The van der Waals surface area contributed by atoms with Gasteiger partial charge in [-0.05, 0) is 114 Å². The number of likely N-dealkylation sites (tertiary alicyclic amines) is 1. The molecule has 2 fully saturated rings. The molecule has 1 aliphatic heterocycles. The van der Waals surface area contributed by atoms with Crippen LogP contribution >= 0.6 is 63.0 Å². The number of hydrogen-bond acceptors (Lipinski definition) is 11. The molecular weight excluding hydrogens is 1150 g/mol. The Hall–Kier alpha value is -5.24. The molecule has 398 valence electrons. The summed E-state index contributed by atoms with van der Waals surface area (Å²) in [5.41, 5.74) is 7.55. The average molecular weight is 1210 g/mol. The molecule has 1 saturated carbocycles. The molecule has 75 heavy (non-hydrogen) atoms. The van der Waals surface area contributed by atoms with E-state index in [1.54, 1.807) is 34.4 Å². The van der Waals surface area contributed by atoms with Gasteiger partial charge < -0.3 is 36.0 Å². The maximum Gasteiger partial charge on any atom is 0.253 e. The fraction of sp³-hybridized carbons (Fsp3) is 0.407. The number of aromatic nitrogens is 4. The van der Waals surface area contributed by atoms with Crippen LogP contribution in [0, 0.1) is 17.8 Å². The largest absolute Gasteiger partial charge is 0.486 e. The van der Waals surface area contributed by atoms with E-state index in [1.165, 1.54) is 29.8 Å². The molecule has 4 heterocycles. The summed E-state index contributed by atoms with van der Waals surface area (Å²) in [6, 6.07) is 18.4. The summed E-state index contributed by atoms with van der Waals surface area (Å²) in [6.45, 7) is 13.9. The van der Waals surface area contributed by atoms with Crippen molar-refractivity contribution in [1.29, 1.82) is 0 Å². The molecule has 3 aromatic carbocycles. The Morgan fingerprint density at radius 2 is 1.71 bits per heavy atom. The zero-order valence-electron chi connectivity index (χ0n) is 42.9. The van der Waals surface area contributed by atoms with E-state index >= 15 is 0 Å². The average Bonchev–Trinajstić information content (AvgIpc) is 4.19. The predicted octanol–water partition coefficient (Wildman–Crippen LogP) is 11.0. The second-order valence-electron chi connectivity index (χ2n) is 20.3. The van der Waals surface area contributed by atoms with E-state index < -0.39 is 29.1 Å². The van der Waals surface area contributed by atoms with Crippen molar-refractivity contribution in [3.63, 3.8) is 0 Å². The molecule has 2 aliphatic rings. The van der Waals surface area contributed by atoms with Crippen molar-refractivity contribution in [1.82, 2.24) is 40.4 Å². The van der Waals surface area contributed by atoms with Gasteiger partial charge in [-0.15, -0.1) is 11.3 Å². The van der Waals surface area contributed by atoms with Gasteiger partial charge in [-0.1, -0.05) is 87.1 Å². The molecule has 16 nitrogen and oxygen atoms in total. The highest BCUT2D eigenvalue weighted by Gasteiger charge is 2.41. The number of carbonyl (C=O) groups is 5. The summed E-state index contributed by atoms with van der Waals surface area (Å²) in [5.74, 6) is -0.613. The Labute approximate surface area is 466 Å². The number of rotatable bonds is 17. The molecule has 5 amide bonds. The van der Waals surface area contributed by atoms with E-state index in [1.807, 2.05) is 81.8 Å². The maximum absolute atomic E-state index is 13.9. The van der Waals surface area contributed by atoms with E-state index in [4.69, 9.17) is 33.0 Å². The first-order valence-electron chi connectivity index (χ1n) is 24.7. The molecule has 3 aromatic heterocycles. The predicted molar refractivity (Wildman–Crippen MR) is 307 cm³/mol. The molecule has 6 aromatic rings. The van der Waals surface area contributed by atoms with Gasteiger partial charge in [-0.2, -0.15) is 5.10 Å². The fourth-order valence-electron chi connectivity index (χ4n) is 9.63. The number of β-amino-alcohol motifs (C(OH)–C–C–N with tert-alkyl or cyclic N) is 1. The summed E-state index contributed by atoms with van der Waals surface area (Å²) >= 11 is 16.7. The minimum atomic E-state index is -0.758. The molecule has 0 spiro atoms. The SMILES string of the molecule is CC(=O)Nc1cc(-c2nn(PI)c3ccc(O[C@H](C)c4c(Cl)cncc4Cl)cc23)ccc1C(=O)NCC1(CC(=O)N[C@H](C(=O)N2CCC(O)C2)C(C)(C)C)CCCC1.Cc1ncsc1-c1ccc([C@H](C)NC=O)cc1. The quantitative estimate of drug-likeness (QED) is 0.0331. The maximum atomic E-state index is 13.9. The van der Waals surface area contributed by atoms with E-state index in [9.17, 15) is 29.1 Å². The Balaban J connectivity index is 0.000000407. The van der Waals surface area contributed by atoms with Crippen molar-refractivity contribution in [3.8, 4) is 27.4 Å². The van der Waals surface area contributed by atoms with Gasteiger partial charge in [0.05, 0.1) is 61.4 Å². The Morgan fingerprint density at radius 3 is 2.31 bits per heavy atom. The zero-order chi connectivity index (χ0) is 54.2. The van der Waals surface area contributed by atoms with Crippen LogP contribution in [0.25, 0.3) is 32.6 Å². The first-order valence-corrected chi connectivity index (χ1v) is 30.4. The number of anilines is 1. The van der Waals surface area contributed by atoms with Crippen molar-refractivity contribution in [2.75, 3.05) is 25.0 Å². The van der Waals surface area contributed by atoms with E-state index in [0.717, 1.165) is 54.3 Å². The monoisotopic (exact) mass is 1210 g/mol. The fourth-order valence-corrected chi connectivity index (χ4v) is 12.6. The van der Waals surface area contributed by atoms with Crippen LogP contribution in [0.15, 0.2) is 78.6 Å². The van der Waals surface area contributed by atoms with E-state index in [-0.39, 0.29) is 54.7 Å². The van der Waals surface area contributed by atoms with Crippen LogP contribution < -0.4 is 26.0 Å². The topological polar surface area (TPSA) is 210 Å². The van der Waals surface area contributed by atoms with Crippen LogP contribution in [-0.2, 0) is 19.2 Å². The Kier molecular flexibility index (Phi) is 19.4. The number of amides is 5. The van der Waals surface area contributed by atoms with Gasteiger partial charge in [-0.3, -0.25) is 29.0 Å². The van der Waals surface area contributed by atoms with Crippen molar-refractivity contribution in [2.45, 2.75) is 111 Å². The third kappa shape index (κ3) is 14.2. The number of thiazole rings is 1. The minimum absolute atomic E-state index is 0.0455. The van der Waals surface area contributed by atoms with Crippen molar-refractivity contribution < 1.29 is 33.8 Å². The van der Waals surface area contributed by atoms with Crippen LogP contribution in [0.2, 0.25) is 10.0 Å². The number of halogens is 3. The summed E-state index contributed by atoms with van der Waals surface area (Å²) in [5, 5.41) is 28.2. The number of carbonyl (C=O) groups excluding carboxylic acids is 5. The highest BCUT2D eigenvalue weighted by molar-refractivity contribution is 14.2. The lowest BCUT2D eigenvalue weighted by molar-refractivity contribution is -0.139. The number of fused-ring (bicyclic) bond motifs is 1. The summed E-state index contributed by atoms with van der Waals surface area (Å²) in [7, 11) is 0. The van der Waals surface area contributed by atoms with Crippen molar-refractivity contribution in [2.24, 2.45) is 10.8 Å². The number of pyridine rings is 1. The molecule has 2 unspecified atom stereocenters. The molecular formula is C54H63Cl2IN9O7PS. The first-order chi connectivity index (χ1) is 35.7.